The quantitative estimate of drug-likeness (QED) is 0.768. The molecule has 1 heterocycles. The first-order valence-electron chi connectivity index (χ1n) is 7.15. The standard InChI is InChI=1S/C15H25NS/c1-2-16-15(14-10-11-17-12-14)9-8-13-6-4-3-5-7-13/h10-13,15-16H,2-9H2,1H3. The zero-order chi connectivity index (χ0) is 11.9. The highest BCUT2D eigenvalue weighted by Crippen LogP contribution is 2.30. The molecule has 2 rings (SSSR count). The molecule has 1 atom stereocenters. The van der Waals surface area contributed by atoms with Crippen LogP contribution in [0.2, 0.25) is 0 Å². The Morgan fingerprint density at radius 3 is 2.82 bits per heavy atom. The third-order valence-electron chi connectivity index (χ3n) is 3.98. The van der Waals surface area contributed by atoms with Gasteiger partial charge < -0.3 is 5.32 Å². The molecule has 0 radical (unpaired) electrons. The van der Waals surface area contributed by atoms with Gasteiger partial charge in [0.1, 0.15) is 0 Å². The van der Waals surface area contributed by atoms with Gasteiger partial charge in [-0.05, 0) is 47.7 Å². The Morgan fingerprint density at radius 1 is 1.35 bits per heavy atom. The van der Waals surface area contributed by atoms with Crippen LogP contribution in [0.3, 0.4) is 0 Å². The normalized spacial score (nSPS) is 19.4. The predicted octanol–water partition coefficient (Wildman–Crippen LogP) is 4.76. The van der Waals surface area contributed by atoms with E-state index < -0.39 is 0 Å². The van der Waals surface area contributed by atoms with Crippen molar-refractivity contribution < 1.29 is 0 Å². The van der Waals surface area contributed by atoms with E-state index in [2.05, 4.69) is 29.1 Å². The molecule has 17 heavy (non-hydrogen) atoms. The summed E-state index contributed by atoms with van der Waals surface area (Å²) in [6.45, 7) is 3.28. The second-order valence-corrected chi connectivity index (χ2v) is 6.03. The molecule has 1 saturated carbocycles. The summed E-state index contributed by atoms with van der Waals surface area (Å²) >= 11 is 1.82. The van der Waals surface area contributed by atoms with Gasteiger partial charge in [-0.2, -0.15) is 11.3 Å². The van der Waals surface area contributed by atoms with Crippen LogP contribution in [0, 0.1) is 5.92 Å². The maximum Gasteiger partial charge on any atom is 0.0328 e. The summed E-state index contributed by atoms with van der Waals surface area (Å²) in [4.78, 5) is 0. The van der Waals surface area contributed by atoms with Crippen LogP contribution in [0.4, 0.5) is 0 Å². The first-order chi connectivity index (χ1) is 8.40. The van der Waals surface area contributed by atoms with Gasteiger partial charge in [0.05, 0.1) is 0 Å². The maximum atomic E-state index is 3.63. The van der Waals surface area contributed by atoms with Crippen molar-refractivity contribution in [1.29, 1.82) is 0 Å². The van der Waals surface area contributed by atoms with Crippen LogP contribution in [0.15, 0.2) is 16.8 Å². The average molecular weight is 251 g/mol. The molecule has 2 heteroatoms. The molecular formula is C15H25NS. The van der Waals surface area contributed by atoms with Crippen molar-refractivity contribution in [3.05, 3.63) is 22.4 Å². The average Bonchev–Trinajstić information content (AvgIpc) is 2.89. The lowest BCUT2D eigenvalue weighted by Gasteiger charge is -2.24. The molecular weight excluding hydrogens is 226 g/mol. The number of hydrogen-bond acceptors (Lipinski definition) is 2. The van der Waals surface area contributed by atoms with Crippen LogP contribution in [-0.4, -0.2) is 6.54 Å². The van der Waals surface area contributed by atoms with Gasteiger partial charge in [-0.3, -0.25) is 0 Å². The Kier molecular flexibility index (Phi) is 5.53. The van der Waals surface area contributed by atoms with Crippen molar-refractivity contribution in [2.24, 2.45) is 5.92 Å². The van der Waals surface area contributed by atoms with Gasteiger partial charge in [0.25, 0.3) is 0 Å². The van der Waals surface area contributed by atoms with Gasteiger partial charge in [0, 0.05) is 6.04 Å². The largest absolute Gasteiger partial charge is 0.310 e. The van der Waals surface area contributed by atoms with E-state index >= 15 is 0 Å². The number of hydrogen-bond donors (Lipinski definition) is 1. The molecule has 96 valence electrons. The highest BCUT2D eigenvalue weighted by Gasteiger charge is 2.17. The number of thiophene rings is 1. The maximum absolute atomic E-state index is 3.63. The second kappa shape index (κ2) is 7.17. The van der Waals surface area contributed by atoms with E-state index in [1.54, 1.807) is 0 Å². The van der Waals surface area contributed by atoms with Crippen molar-refractivity contribution in [3.63, 3.8) is 0 Å². The van der Waals surface area contributed by atoms with Gasteiger partial charge in [-0.25, -0.2) is 0 Å². The molecule has 0 bridgehead atoms. The van der Waals surface area contributed by atoms with Crippen molar-refractivity contribution in [2.75, 3.05) is 6.54 Å². The fourth-order valence-corrected chi connectivity index (χ4v) is 3.70. The zero-order valence-electron chi connectivity index (χ0n) is 11.0. The van der Waals surface area contributed by atoms with Crippen LogP contribution in [0.5, 0.6) is 0 Å². The third-order valence-corrected chi connectivity index (χ3v) is 4.69. The monoisotopic (exact) mass is 251 g/mol. The summed E-state index contributed by atoms with van der Waals surface area (Å²) in [5.41, 5.74) is 1.49. The number of rotatable bonds is 6. The summed E-state index contributed by atoms with van der Waals surface area (Å²) < 4.78 is 0. The Balaban J connectivity index is 1.81. The van der Waals surface area contributed by atoms with Crippen LogP contribution < -0.4 is 5.32 Å². The molecule has 0 amide bonds. The van der Waals surface area contributed by atoms with E-state index in [4.69, 9.17) is 0 Å². The van der Waals surface area contributed by atoms with Crippen molar-refractivity contribution >= 4 is 11.3 Å². The second-order valence-electron chi connectivity index (χ2n) is 5.25. The molecule has 0 aromatic carbocycles. The molecule has 0 aliphatic heterocycles. The van der Waals surface area contributed by atoms with Crippen LogP contribution in [0.25, 0.3) is 0 Å². The Morgan fingerprint density at radius 2 is 2.18 bits per heavy atom. The molecule has 1 unspecified atom stereocenters. The first-order valence-corrected chi connectivity index (χ1v) is 8.10. The zero-order valence-corrected chi connectivity index (χ0v) is 11.8. The Hall–Kier alpha value is -0.340. The summed E-state index contributed by atoms with van der Waals surface area (Å²) in [6.07, 6.45) is 10.1. The van der Waals surface area contributed by atoms with E-state index in [1.165, 1.54) is 50.5 Å². The van der Waals surface area contributed by atoms with Crippen LogP contribution in [-0.2, 0) is 0 Å². The van der Waals surface area contributed by atoms with Gasteiger partial charge in [-0.1, -0.05) is 39.0 Å². The van der Waals surface area contributed by atoms with Crippen molar-refractivity contribution in [1.82, 2.24) is 5.32 Å². The van der Waals surface area contributed by atoms with Gasteiger partial charge in [0.15, 0.2) is 0 Å². The first kappa shape index (κ1) is 13.1. The minimum Gasteiger partial charge on any atom is -0.310 e. The van der Waals surface area contributed by atoms with E-state index in [0.717, 1.165) is 12.5 Å². The smallest absolute Gasteiger partial charge is 0.0328 e. The molecule has 1 fully saturated rings. The molecule has 1 aromatic rings. The lowest BCUT2D eigenvalue weighted by Crippen LogP contribution is -2.21. The van der Waals surface area contributed by atoms with Gasteiger partial charge in [-0.15, -0.1) is 0 Å². The van der Waals surface area contributed by atoms with E-state index in [0.29, 0.717) is 6.04 Å². The van der Waals surface area contributed by atoms with E-state index in [1.807, 2.05) is 11.3 Å². The Bertz CT molecular complexity index is 288. The fourth-order valence-electron chi connectivity index (χ4n) is 2.98. The third kappa shape index (κ3) is 4.11. The SMILES string of the molecule is CCNC(CCC1CCCCC1)c1ccsc1. The molecule has 1 aliphatic carbocycles. The van der Waals surface area contributed by atoms with E-state index in [9.17, 15) is 0 Å². The van der Waals surface area contributed by atoms with Crippen molar-refractivity contribution in [2.45, 2.75) is 57.9 Å². The summed E-state index contributed by atoms with van der Waals surface area (Å²) in [7, 11) is 0. The lowest BCUT2D eigenvalue weighted by atomic mass is 9.84. The summed E-state index contributed by atoms with van der Waals surface area (Å²) in [5, 5.41) is 8.13. The fraction of sp³-hybridized carbons (Fsp3) is 0.733. The highest BCUT2D eigenvalue weighted by molar-refractivity contribution is 7.07. The summed E-state index contributed by atoms with van der Waals surface area (Å²) in [5.74, 6) is 1.00. The Labute approximate surface area is 110 Å². The van der Waals surface area contributed by atoms with Gasteiger partial charge >= 0.3 is 0 Å². The predicted molar refractivity (Wildman–Crippen MR) is 76.5 cm³/mol. The van der Waals surface area contributed by atoms with E-state index in [-0.39, 0.29) is 0 Å². The highest BCUT2D eigenvalue weighted by atomic mass is 32.1. The topological polar surface area (TPSA) is 12.0 Å². The molecule has 1 N–H and O–H groups in total. The van der Waals surface area contributed by atoms with Gasteiger partial charge in [0.2, 0.25) is 0 Å². The minimum atomic E-state index is 0.591. The van der Waals surface area contributed by atoms with Crippen LogP contribution >= 0.6 is 11.3 Å². The molecule has 0 spiro atoms. The number of nitrogens with one attached hydrogen (secondary N) is 1. The molecule has 1 aromatic heterocycles. The molecule has 0 saturated heterocycles. The molecule has 1 nitrogen and oxygen atoms in total. The van der Waals surface area contributed by atoms with Crippen molar-refractivity contribution in [3.8, 4) is 0 Å². The lowest BCUT2D eigenvalue weighted by molar-refractivity contribution is 0.315. The van der Waals surface area contributed by atoms with Crippen LogP contribution in [0.1, 0.15) is 63.5 Å². The minimum absolute atomic E-state index is 0.591. The molecule has 1 aliphatic rings. The summed E-state index contributed by atoms with van der Waals surface area (Å²) in [6, 6.07) is 2.87.